The van der Waals surface area contributed by atoms with Crippen LogP contribution in [-0.2, 0) is 19.1 Å². The van der Waals surface area contributed by atoms with Gasteiger partial charge in [-0.15, -0.1) is 0 Å². The lowest BCUT2D eigenvalue weighted by molar-refractivity contribution is -0.156. The predicted molar refractivity (Wildman–Crippen MR) is 82.6 cm³/mol. The number of ether oxygens (including phenoxy) is 2. The number of hydrogen-bond acceptors (Lipinski definition) is 5. The number of hydrogen-bond donors (Lipinski definition) is 1. The van der Waals surface area contributed by atoms with Crippen molar-refractivity contribution in [1.82, 2.24) is 10.2 Å². The molecule has 7 heteroatoms. The number of esters is 1. The highest BCUT2D eigenvalue weighted by Crippen LogP contribution is 2.30. The van der Waals surface area contributed by atoms with Gasteiger partial charge in [0, 0.05) is 13.1 Å². The lowest BCUT2D eigenvalue weighted by Crippen LogP contribution is -2.62. The van der Waals surface area contributed by atoms with Gasteiger partial charge in [-0.2, -0.15) is 0 Å². The average Bonchev–Trinajstić information content (AvgIpc) is 2.48. The van der Waals surface area contributed by atoms with Crippen molar-refractivity contribution >= 4 is 18.0 Å². The number of carbonyl (C=O) groups is 3. The van der Waals surface area contributed by atoms with Crippen molar-refractivity contribution in [3.8, 4) is 0 Å². The zero-order valence-electron chi connectivity index (χ0n) is 14.3. The van der Waals surface area contributed by atoms with Gasteiger partial charge in [0.2, 0.25) is 5.91 Å². The summed E-state index contributed by atoms with van der Waals surface area (Å²) in [5.41, 5.74) is -0.494. The number of rotatable bonds is 3. The molecule has 0 aromatic heterocycles. The second-order valence-corrected chi connectivity index (χ2v) is 7.26. The number of carbonyl (C=O) groups excluding carboxylic acids is 3. The first-order chi connectivity index (χ1) is 10.7. The molecule has 2 fully saturated rings. The Hall–Kier alpha value is -1.79. The Morgan fingerprint density at radius 3 is 2.35 bits per heavy atom. The summed E-state index contributed by atoms with van der Waals surface area (Å²) in [5, 5.41) is 2.59. The number of amides is 2. The van der Waals surface area contributed by atoms with Gasteiger partial charge in [0.05, 0.1) is 13.0 Å². The van der Waals surface area contributed by atoms with E-state index in [9.17, 15) is 14.4 Å². The maximum atomic E-state index is 12.0. The standard InChI is InChI=1S/C16H26N2O5/c1-16(2,3)23-15(21)18-7-5-10(6-8-18)9-11-12(14(20)22-4)17-13(11)19/h10-12H,5-9H2,1-4H3,(H,17,19)/t11-,12+/m1/s1. The lowest BCUT2D eigenvalue weighted by atomic mass is 9.79. The molecule has 2 saturated heterocycles. The second-order valence-electron chi connectivity index (χ2n) is 7.26. The molecule has 2 aliphatic heterocycles. The van der Waals surface area contributed by atoms with Crippen LogP contribution in [0.1, 0.15) is 40.0 Å². The zero-order valence-corrected chi connectivity index (χ0v) is 14.3. The fourth-order valence-corrected chi connectivity index (χ4v) is 3.05. The summed E-state index contributed by atoms with van der Waals surface area (Å²) in [7, 11) is 1.32. The average molecular weight is 326 g/mol. The molecular formula is C16H26N2O5. The number of nitrogens with one attached hydrogen (secondary N) is 1. The molecule has 2 amide bonds. The molecule has 2 aliphatic rings. The van der Waals surface area contributed by atoms with Crippen LogP contribution in [0.2, 0.25) is 0 Å². The van der Waals surface area contributed by atoms with Gasteiger partial charge in [0.15, 0.2) is 0 Å². The number of likely N-dealkylation sites (tertiary alicyclic amines) is 1. The third-order valence-electron chi connectivity index (χ3n) is 4.35. The van der Waals surface area contributed by atoms with Gasteiger partial charge in [-0.3, -0.25) is 4.79 Å². The summed E-state index contributed by atoms with van der Waals surface area (Å²) in [5.74, 6) is -0.451. The van der Waals surface area contributed by atoms with E-state index in [4.69, 9.17) is 9.47 Å². The minimum absolute atomic E-state index is 0.0880. The number of methoxy groups -OCH3 is 1. The molecule has 7 nitrogen and oxygen atoms in total. The Labute approximate surface area is 136 Å². The third-order valence-corrected chi connectivity index (χ3v) is 4.35. The highest BCUT2D eigenvalue weighted by atomic mass is 16.6. The molecule has 23 heavy (non-hydrogen) atoms. The number of nitrogens with zero attached hydrogens (tertiary/aromatic N) is 1. The summed E-state index contributed by atoms with van der Waals surface area (Å²) in [6, 6.07) is -0.517. The number of β-lactam (4-membered cyclic amide) rings is 1. The SMILES string of the molecule is COC(=O)[C@H]1NC(=O)[C@@H]1CC1CCN(C(=O)OC(C)(C)C)CC1. The zero-order chi connectivity index (χ0) is 17.2. The van der Waals surface area contributed by atoms with Crippen molar-refractivity contribution in [1.29, 1.82) is 0 Å². The molecule has 0 unspecified atom stereocenters. The van der Waals surface area contributed by atoms with E-state index in [1.54, 1.807) is 4.90 Å². The Bertz CT molecular complexity index is 477. The van der Waals surface area contributed by atoms with E-state index in [1.807, 2.05) is 20.8 Å². The molecule has 0 aliphatic carbocycles. The fraction of sp³-hybridized carbons (Fsp3) is 0.812. The molecule has 2 rings (SSSR count). The van der Waals surface area contributed by atoms with Crippen LogP contribution in [-0.4, -0.2) is 54.7 Å². The Morgan fingerprint density at radius 1 is 1.26 bits per heavy atom. The largest absolute Gasteiger partial charge is 0.467 e. The van der Waals surface area contributed by atoms with E-state index in [0.717, 1.165) is 12.8 Å². The maximum Gasteiger partial charge on any atom is 0.410 e. The van der Waals surface area contributed by atoms with Crippen LogP contribution in [0.15, 0.2) is 0 Å². The molecule has 0 saturated carbocycles. The molecule has 0 spiro atoms. The molecular weight excluding hydrogens is 300 g/mol. The van der Waals surface area contributed by atoms with Crippen LogP contribution in [0.5, 0.6) is 0 Å². The lowest BCUT2D eigenvalue weighted by Gasteiger charge is -2.39. The summed E-state index contributed by atoms with van der Waals surface area (Å²) >= 11 is 0. The highest BCUT2D eigenvalue weighted by molar-refractivity contribution is 5.97. The van der Waals surface area contributed by atoms with E-state index in [0.29, 0.717) is 25.4 Å². The van der Waals surface area contributed by atoms with E-state index in [1.165, 1.54) is 7.11 Å². The summed E-state index contributed by atoms with van der Waals surface area (Å²) in [6.07, 6.45) is 2.01. The van der Waals surface area contributed by atoms with Gasteiger partial charge in [-0.25, -0.2) is 9.59 Å². The van der Waals surface area contributed by atoms with Crippen molar-refractivity contribution < 1.29 is 23.9 Å². The van der Waals surface area contributed by atoms with Gasteiger partial charge in [0.25, 0.3) is 0 Å². The van der Waals surface area contributed by atoms with Gasteiger partial charge in [0.1, 0.15) is 11.6 Å². The van der Waals surface area contributed by atoms with Crippen molar-refractivity contribution in [2.24, 2.45) is 11.8 Å². The molecule has 2 heterocycles. The smallest absolute Gasteiger partial charge is 0.410 e. The maximum absolute atomic E-state index is 12.0. The summed E-state index contributed by atoms with van der Waals surface area (Å²) < 4.78 is 10.1. The molecule has 0 bridgehead atoms. The Balaban J connectivity index is 1.80. The van der Waals surface area contributed by atoms with E-state index < -0.39 is 11.6 Å². The summed E-state index contributed by atoms with van der Waals surface area (Å²) in [4.78, 5) is 36.9. The minimum Gasteiger partial charge on any atom is -0.467 e. The van der Waals surface area contributed by atoms with Crippen LogP contribution >= 0.6 is 0 Å². The van der Waals surface area contributed by atoms with Crippen LogP contribution < -0.4 is 5.32 Å². The van der Waals surface area contributed by atoms with E-state index >= 15 is 0 Å². The monoisotopic (exact) mass is 326 g/mol. The van der Waals surface area contributed by atoms with Gasteiger partial charge >= 0.3 is 12.1 Å². The highest BCUT2D eigenvalue weighted by Gasteiger charge is 2.45. The third kappa shape index (κ3) is 4.36. The van der Waals surface area contributed by atoms with E-state index in [-0.39, 0.29) is 23.9 Å². The topological polar surface area (TPSA) is 84.9 Å². The first-order valence-corrected chi connectivity index (χ1v) is 8.07. The molecule has 2 atom stereocenters. The molecule has 1 N–H and O–H groups in total. The quantitative estimate of drug-likeness (QED) is 0.624. The predicted octanol–water partition coefficient (Wildman–Crippen LogP) is 1.31. The number of piperidine rings is 1. The van der Waals surface area contributed by atoms with Crippen LogP contribution in [0.4, 0.5) is 4.79 Å². The summed E-state index contributed by atoms with van der Waals surface area (Å²) in [6.45, 7) is 6.78. The Morgan fingerprint density at radius 2 is 1.87 bits per heavy atom. The minimum atomic E-state index is -0.517. The normalized spacial score (nSPS) is 25.4. The second kappa shape index (κ2) is 6.76. The van der Waals surface area contributed by atoms with Crippen molar-refractivity contribution in [2.75, 3.05) is 20.2 Å². The van der Waals surface area contributed by atoms with E-state index in [2.05, 4.69) is 5.32 Å². The van der Waals surface area contributed by atoms with Gasteiger partial charge in [-0.05, 0) is 46.0 Å². The molecule has 0 aromatic carbocycles. The van der Waals surface area contributed by atoms with Gasteiger partial charge < -0.3 is 19.7 Å². The van der Waals surface area contributed by atoms with Crippen molar-refractivity contribution in [2.45, 2.75) is 51.7 Å². The first kappa shape index (κ1) is 17.6. The van der Waals surface area contributed by atoms with Crippen LogP contribution in [0.25, 0.3) is 0 Å². The fourth-order valence-electron chi connectivity index (χ4n) is 3.05. The molecule has 0 radical (unpaired) electrons. The van der Waals surface area contributed by atoms with Crippen molar-refractivity contribution in [3.05, 3.63) is 0 Å². The first-order valence-electron chi connectivity index (χ1n) is 8.07. The Kier molecular flexibility index (Phi) is 5.16. The molecule has 0 aromatic rings. The van der Waals surface area contributed by atoms with Gasteiger partial charge in [-0.1, -0.05) is 0 Å². The molecule has 130 valence electrons. The van der Waals surface area contributed by atoms with Crippen LogP contribution in [0.3, 0.4) is 0 Å². The van der Waals surface area contributed by atoms with Crippen molar-refractivity contribution in [3.63, 3.8) is 0 Å². The van der Waals surface area contributed by atoms with Crippen LogP contribution in [0, 0.1) is 11.8 Å².